The largest absolute Gasteiger partial charge is 0.412 e. The van der Waals surface area contributed by atoms with Crippen LogP contribution >= 0.6 is 11.6 Å². The molecule has 4 rings (SSSR count). The highest BCUT2D eigenvalue weighted by atomic mass is 35.5. The Labute approximate surface area is 195 Å². The summed E-state index contributed by atoms with van der Waals surface area (Å²) in [6.45, 7) is 5.19. The van der Waals surface area contributed by atoms with Crippen LogP contribution in [0.15, 0.2) is 72.8 Å². The van der Waals surface area contributed by atoms with Crippen molar-refractivity contribution in [3.05, 3.63) is 88.9 Å². The molecule has 1 aliphatic heterocycles. The standard InChI is InChI=1S/C27H29ClN2O2/c1-20(30-18-2-3-19-30)22-6-4-21(5-7-22)16-17-29-27(31)32-26-14-10-24(11-15-26)23-8-12-25(28)13-9-23/h4-15,20H,2-3,16-19H2,1H3,(H,29,31). The molecule has 1 amide bonds. The van der Waals surface area contributed by atoms with Gasteiger partial charge in [-0.2, -0.15) is 0 Å². The Morgan fingerprint density at radius 1 is 0.938 bits per heavy atom. The maximum Gasteiger partial charge on any atom is 0.412 e. The van der Waals surface area contributed by atoms with Gasteiger partial charge in [0.15, 0.2) is 0 Å². The molecular weight excluding hydrogens is 420 g/mol. The summed E-state index contributed by atoms with van der Waals surface area (Å²) in [5, 5.41) is 3.54. The van der Waals surface area contributed by atoms with Crippen molar-refractivity contribution >= 4 is 17.7 Å². The summed E-state index contributed by atoms with van der Waals surface area (Å²) >= 11 is 5.94. The van der Waals surface area contributed by atoms with Crippen molar-refractivity contribution in [3.8, 4) is 16.9 Å². The number of hydrogen-bond acceptors (Lipinski definition) is 3. The van der Waals surface area contributed by atoms with Crippen LogP contribution in [0.25, 0.3) is 11.1 Å². The van der Waals surface area contributed by atoms with Crippen molar-refractivity contribution in [2.75, 3.05) is 19.6 Å². The van der Waals surface area contributed by atoms with Crippen molar-refractivity contribution in [3.63, 3.8) is 0 Å². The molecule has 0 aromatic heterocycles. The van der Waals surface area contributed by atoms with Gasteiger partial charge in [-0.05, 0) is 85.8 Å². The van der Waals surface area contributed by atoms with E-state index in [-0.39, 0.29) is 0 Å². The van der Waals surface area contributed by atoms with E-state index in [0.29, 0.717) is 23.4 Å². The monoisotopic (exact) mass is 448 g/mol. The normalized spacial score (nSPS) is 14.8. The van der Waals surface area contributed by atoms with Crippen molar-refractivity contribution in [2.24, 2.45) is 0 Å². The van der Waals surface area contributed by atoms with E-state index in [1.165, 1.54) is 37.1 Å². The Morgan fingerprint density at radius 3 is 2.16 bits per heavy atom. The van der Waals surface area contributed by atoms with Gasteiger partial charge in [-0.3, -0.25) is 4.90 Å². The van der Waals surface area contributed by atoms with E-state index in [1.807, 2.05) is 36.4 Å². The summed E-state index contributed by atoms with van der Waals surface area (Å²) in [6, 6.07) is 24.3. The molecule has 1 fully saturated rings. The third kappa shape index (κ3) is 5.90. The van der Waals surface area contributed by atoms with Crippen molar-refractivity contribution in [2.45, 2.75) is 32.2 Å². The van der Waals surface area contributed by atoms with Crippen LogP contribution in [0.5, 0.6) is 5.75 Å². The minimum absolute atomic E-state index is 0.441. The first-order chi connectivity index (χ1) is 15.6. The average molecular weight is 449 g/mol. The van der Waals surface area contributed by atoms with Gasteiger partial charge < -0.3 is 10.1 Å². The number of carbonyl (C=O) groups is 1. The van der Waals surface area contributed by atoms with Gasteiger partial charge in [0.05, 0.1) is 0 Å². The second kappa shape index (κ2) is 10.7. The average Bonchev–Trinajstić information content (AvgIpc) is 3.35. The first-order valence-electron chi connectivity index (χ1n) is 11.2. The molecule has 1 aliphatic rings. The number of nitrogens with zero attached hydrogens (tertiary/aromatic N) is 1. The lowest BCUT2D eigenvalue weighted by Crippen LogP contribution is -2.28. The highest BCUT2D eigenvalue weighted by Crippen LogP contribution is 2.25. The van der Waals surface area contributed by atoms with Gasteiger partial charge in [0.2, 0.25) is 0 Å². The quantitative estimate of drug-likeness (QED) is 0.448. The summed E-state index contributed by atoms with van der Waals surface area (Å²) in [4.78, 5) is 14.7. The molecule has 0 radical (unpaired) electrons. The number of carbonyl (C=O) groups excluding carboxylic acids is 1. The number of ether oxygens (including phenoxy) is 1. The third-order valence-electron chi connectivity index (χ3n) is 6.08. The summed E-state index contributed by atoms with van der Waals surface area (Å²) < 4.78 is 5.39. The van der Waals surface area contributed by atoms with Gasteiger partial charge >= 0.3 is 6.09 Å². The Kier molecular flexibility index (Phi) is 7.46. The zero-order chi connectivity index (χ0) is 22.3. The van der Waals surface area contributed by atoms with Crippen LogP contribution in [-0.2, 0) is 6.42 Å². The minimum atomic E-state index is -0.441. The molecule has 32 heavy (non-hydrogen) atoms. The van der Waals surface area contributed by atoms with Crippen LogP contribution in [0.1, 0.15) is 36.9 Å². The Hall–Kier alpha value is -2.82. The van der Waals surface area contributed by atoms with Crippen molar-refractivity contribution in [1.29, 1.82) is 0 Å². The van der Waals surface area contributed by atoms with E-state index in [4.69, 9.17) is 16.3 Å². The summed E-state index contributed by atoms with van der Waals surface area (Å²) in [7, 11) is 0. The molecule has 1 N–H and O–H groups in total. The first-order valence-corrected chi connectivity index (χ1v) is 11.6. The third-order valence-corrected chi connectivity index (χ3v) is 6.33. The second-order valence-electron chi connectivity index (χ2n) is 8.26. The van der Waals surface area contributed by atoms with E-state index in [2.05, 4.69) is 41.4 Å². The molecule has 0 aliphatic carbocycles. The topological polar surface area (TPSA) is 41.6 Å². The van der Waals surface area contributed by atoms with Gasteiger partial charge in [-0.1, -0.05) is 60.1 Å². The summed E-state index contributed by atoms with van der Waals surface area (Å²) in [5.41, 5.74) is 4.66. The minimum Gasteiger partial charge on any atom is -0.410 e. The van der Waals surface area contributed by atoms with E-state index >= 15 is 0 Å². The molecular formula is C27H29ClN2O2. The molecule has 1 atom stereocenters. The van der Waals surface area contributed by atoms with Crippen LogP contribution in [0.3, 0.4) is 0 Å². The summed E-state index contributed by atoms with van der Waals surface area (Å²) in [6.07, 6.45) is 2.93. The number of benzene rings is 3. The number of halogens is 1. The number of nitrogens with one attached hydrogen (secondary N) is 1. The molecule has 166 valence electrons. The molecule has 5 heteroatoms. The molecule has 0 saturated carbocycles. The van der Waals surface area contributed by atoms with E-state index < -0.39 is 6.09 Å². The number of rotatable bonds is 7. The highest BCUT2D eigenvalue weighted by Gasteiger charge is 2.19. The van der Waals surface area contributed by atoms with Crippen LogP contribution in [0.2, 0.25) is 5.02 Å². The number of likely N-dealkylation sites (tertiary alicyclic amines) is 1. The maximum absolute atomic E-state index is 12.1. The van der Waals surface area contributed by atoms with Crippen LogP contribution < -0.4 is 10.1 Å². The predicted molar refractivity (Wildman–Crippen MR) is 130 cm³/mol. The molecule has 1 saturated heterocycles. The van der Waals surface area contributed by atoms with Crippen LogP contribution in [-0.4, -0.2) is 30.6 Å². The highest BCUT2D eigenvalue weighted by molar-refractivity contribution is 6.30. The lowest BCUT2D eigenvalue weighted by Gasteiger charge is -2.24. The van der Waals surface area contributed by atoms with Crippen molar-refractivity contribution in [1.82, 2.24) is 10.2 Å². The second-order valence-corrected chi connectivity index (χ2v) is 8.69. The fourth-order valence-corrected chi connectivity index (χ4v) is 4.24. The van der Waals surface area contributed by atoms with Crippen LogP contribution in [0.4, 0.5) is 4.79 Å². The van der Waals surface area contributed by atoms with Gasteiger partial charge in [-0.25, -0.2) is 4.79 Å². The maximum atomic E-state index is 12.1. The Morgan fingerprint density at radius 2 is 1.53 bits per heavy atom. The zero-order valence-electron chi connectivity index (χ0n) is 18.4. The van der Waals surface area contributed by atoms with Gasteiger partial charge in [0, 0.05) is 17.6 Å². The number of hydrogen-bond donors (Lipinski definition) is 1. The van der Waals surface area contributed by atoms with Crippen LogP contribution in [0, 0.1) is 0 Å². The fourth-order valence-electron chi connectivity index (χ4n) is 4.11. The Bertz CT molecular complexity index is 1010. The lowest BCUT2D eigenvalue weighted by molar-refractivity contribution is 0.200. The van der Waals surface area contributed by atoms with Gasteiger partial charge in [0.25, 0.3) is 0 Å². The lowest BCUT2D eigenvalue weighted by atomic mass is 10.0. The molecule has 0 bridgehead atoms. The SMILES string of the molecule is CC(c1ccc(CCNC(=O)Oc2ccc(-c3ccc(Cl)cc3)cc2)cc1)N1CCCC1. The van der Waals surface area contributed by atoms with Gasteiger partial charge in [0.1, 0.15) is 5.75 Å². The van der Waals surface area contributed by atoms with E-state index in [0.717, 1.165) is 17.5 Å². The van der Waals surface area contributed by atoms with E-state index in [1.54, 1.807) is 12.1 Å². The molecule has 3 aromatic rings. The van der Waals surface area contributed by atoms with Crippen molar-refractivity contribution < 1.29 is 9.53 Å². The smallest absolute Gasteiger partial charge is 0.410 e. The molecule has 1 unspecified atom stereocenters. The molecule has 0 spiro atoms. The zero-order valence-corrected chi connectivity index (χ0v) is 19.1. The van der Waals surface area contributed by atoms with Gasteiger partial charge in [-0.15, -0.1) is 0 Å². The van der Waals surface area contributed by atoms with E-state index in [9.17, 15) is 4.79 Å². The molecule has 1 heterocycles. The molecule has 3 aromatic carbocycles. The predicted octanol–water partition coefficient (Wildman–Crippen LogP) is 6.49. The Balaban J connectivity index is 1.22. The first kappa shape index (κ1) is 22.4. The number of amides is 1. The fraction of sp³-hybridized carbons (Fsp3) is 0.296. The summed E-state index contributed by atoms with van der Waals surface area (Å²) in [5.74, 6) is 0.514. The molecule has 4 nitrogen and oxygen atoms in total.